The van der Waals surface area contributed by atoms with Crippen LogP contribution in [0.3, 0.4) is 0 Å². The Morgan fingerprint density at radius 3 is 2.43 bits per heavy atom. The zero-order valence-electron chi connectivity index (χ0n) is 15.6. The summed E-state index contributed by atoms with van der Waals surface area (Å²) in [7, 11) is 0. The molecule has 1 saturated carbocycles. The predicted molar refractivity (Wildman–Crippen MR) is 102 cm³/mol. The lowest BCUT2D eigenvalue weighted by molar-refractivity contribution is -0.184. The molecule has 2 rings (SSSR count). The third kappa shape index (κ3) is 6.01. The number of halogens is 5. The van der Waals surface area contributed by atoms with E-state index < -0.39 is 36.0 Å². The van der Waals surface area contributed by atoms with Crippen molar-refractivity contribution in [3.8, 4) is 0 Å². The number of benzene rings is 1. The van der Waals surface area contributed by atoms with Crippen LogP contribution in [0.15, 0.2) is 18.2 Å². The van der Waals surface area contributed by atoms with E-state index in [0.717, 1.165) is 0 Å². The molecule has 1 aromatic rings. The Bertz CT molecular complexity index is 726. The van der Waals surface area contributed by atoms with Gasteiger partial charge in [0.2, 0.25) is 5.91 Å². The van der Waals surface area contributed by atoms with Gasteiger partial charge in [-0.25, -0.2) is 0 Å². The van der Waals surface area contributed by atoms with E-state index in [1.165, 1.54) is 18.2 Å². The summed E-state index contributed by atoms with van der Waals surface area (Å²) in [6.45, 7) is 3.49. The highest BCUT2D eigenvalue weighted by Gasteiger charge is 2.42. The summed E-state index contributed by atoms with van der Waals surface area (Å²) in [5.74, 6) is -2.72. The normalized spacial score (nSPS) is 21.3. The molecule has 3 atom stereocenters. The molecule has 1 aliphatic rings. The molecule has 1 aromatic carbocycles. The van der Waals surface area contributed by atoms with Gasteiger partial charge >= 0.3 is 6.18 Å². The lowest BCUT2D eigenvalue weighted by atomic mass is 9.85. The van der Waals surface area contributed by atoms with Crippen molar-refractivity contribution < 1.29 is 22.8 Å². The lowest BCUT2D eigenvalue weighted by Crippen LogP contribution is -2.53. The molecule has 28 heavy (non-hydrogen) atoms. The van der Waals surface area contributed by atoms with E-state index in [2.05, 4.69) is 10.6 Å². The summed E-state index contributed by atoms with van der Waals surface area (Å²) in [4.78, 5) is 25.2. The quantitative estimate of drug-likeness (QED) is 0.680. The minimum absolute atomic E-state index is 0.0787. The molecular formula is C19H23Cl2F3N2O2. The smallest absolute Gasteiger partial charge is 0.352 e. The van der Waals surface area contributed by atoms with Crippen molar-refractivity contribution >= 4 is 35.0 Å². The molecule has 0 spiro atoms. The third-order valence-electron chi connectivity index (χ3n) is 4.89. The zero-order valence-corrected chi connectivity index (χ0v) is 17.1. The Kier molecular flexibility index (Phi) is 7.62. The van der Waals surface area contributed by atoms with Gasteiger partial charge in [0.1, 0.15) is 6.04 Å². The van der Waals surface area contributed by atoms with Crippen LogP contribution in [0, 0.1) is 11.8 Å². The first-order valence-electron chi connectivity index (χ1n) is 9.12. The Morgan fingerprint density at radius 1 is 1.18 bits per heavy atom. The molecule has 1 aliphatic carbocycles. The minimum Gasteiger partial charge on any atom is -0.352 e. The van der Waals surface area contributed by atoms with E-state index in [1.807, 2.05) is 0 Å². The summed E-state index contributed by atoms with van der Waals surface area (Å²) >= 11 is 11.8. The molecular weight excluding hydrogens is 416 g/mol. The van der Waals surface area contributed by atoms with Crippen molar-refractivity contribution in [1.82, 2.24) is 10.6 Å². The topological polar surface area (TPSA) is 58.2 Å². The van der Waals surface area contributed by atoms with Gasteiger partial charge in [0.15, 0.2) is 0 Å². The lowest BCUT2D eigenvalue weighted by Gasteiger charge is -2.32. The fraction of sp³-hybridized carbons (Fsp3) is 0.579. The predicted octanol–water partition coefficient (Wildman–Crippen LogP) is 4.99. The van der Waals surface area contributed by atoms with Gasteiger partial charge in [0, 0.05) is 11.1 Å². The summed E-state index contributed by atoms with van der Waals surface area (Å²) < 4.78 is 38.9. The highest BCUT2D eigenvalue weighted by Crippen LogP contribution is 2.37. The van der Waals surface area contributed by atoms with Crippen molar-refractivity contribution in [2.45, 2.75) is 57.8 Å². The molecule has 9 heteroatoms. The Labute approximate surface area is 172 Å². The van der Waals surface area contributed by atoms with Crippen LogP contribution >= 0.6 is 23.2 Å². The molecule has 0 saturated heterocycles. The van der Waals surface area contributed by atoms with Crippen LogP contribution in [0.5, 0.6) is 0 Å². The van der Waals surface area contributed by atoms with Crippen LogP contribution in [-0.2, 0) is 4.79 Å². The van der Waals surface area contributed by atoms with Crippen LogP contribution in [0.1, 0.15) is 49.9 Å². The third-order valence-corrected chi connectivity index (χ3v) is 5.44. The number of carbonyl (C=O) groups is 2. The summed E-state index contributed by atoms with van der Waals surface area (Å²) in [5.41, 5.74) is 0.166. The Morgan fingerprint density at radius 2 is 1.86 bits per heavy atom. The minimum atomic E-state index is -4.26. The number of amides is 2. The molecule has 156 valence electrons. The largest absolute Gasteiger partial charge is 0.391 e. The highest BCUT2D eigenvalue weighted by atomic mass is 35.5. The molecule has 0 radical (unpaired) electrons. The number of hydrogen-bond acceptors (Lipinski definition) is 2. The molecule has 3 unspecified atom stereocenters. The van der Waals surface area contributed by atoms with E-state index in [4.69, 9.17) is 23.2 Å². The maximum Gasteiger partial charge on any atom is 0.391 e. The summed E-state index contributed by atoms with van der Waals surface area (Å²) in [5, 5.41) is 5.82. The van der Waals surface area contributed by atoms with E-state index in [1.54, 1.807) is 13.8 Å². The first-order valence-corrected chi connectivity index (χ1v) is 9.87. The van der Waals surface area contributed by atoms with Crippen LogP contribution in [0.25, 0.3) is 0 Å². The SMILES string of the molecule is CC(C)C(NC(=O)c1ccc(Cl)cc1Cl)C(=O)NC1CCCC(C(F)(F)F)C1. The van der Waals surface area contributed by atoms with Crippen molar-refractivity contribution in [1.29, 1.82) is 0 Å². The average Bonchev–Trinajstić information content (AvgIpc) is 2.58. The molecule has 0 aromatic heterocycles. The molecule has 0 aliphatic heterocycles. The second kappa shape index (κ2) is 9.35. The molecule has 4 nitrogen and oxygen atoms in total. The van der Waals surface area contributed by atoms with E-state index in [9.17, 15) is 22.8 Å². The maximum absolute atomic E-state index is 13.0. The number of carbonyl (C=O) groups excluding carboxylic acids is 2. The Hall–Kier alpha value is -1.47. The van der Waals surface area contributed by atoms with Gasteiger partial charge in [-0.1, -0.05) is 43.5 Å². The van der Waals surface area contributed by atoms with Crippen molar-refractivity contribution in [2.24, 2.45) is 11.8 Å². The number of rotatable bonds is 5. The van der Waals surface area contributed by atoms with E-state index in [-0.39, 0.29) is 29.3 Å². The van der Waals surface area contributed by atoms with Gasteiger partial charge < -0.3 is 10.6 Å². The van der Waals surface area contributed by atoms with Crippen LogP contribution in [-0.4, -0.2) is 30.1 Å². The Balaban J connectivity index is 2.04. The standard InChI is InChI=1S/C19H23Cl2F3N2O2/c1-10(2)16(26-17(27)14-7-6-12(20)9-15(14)21)18(28)25-13-5-3-4-11(8-13)19(22,23)24/h6-7,9-11,13,16H,3-5,8H2,1-2H3,(H,25,28)(H,26,27). The van der Waals surface area contributed by atoms with Crippen molar-refractivity contribution in [3.05, 3.63) is 33.8 Å². The second-order valence-electron chi connectivity index (χ2n) is 7.43. The first-order chi connectivity index (χ1) is 13.0. The van der Waals surface area contributed by atoms with Crippen molar-refractivity contribution in [2.75, 3.05) is 0 Å². The van der Waals surface area contributed by atoms with Crippen LogP contribution in [0.2, 0.25) is 10.0 Å². The monoisotopic (exact) mass is 438 g/mol. The second-order valence-corrected chi connectivity index (χ2v) is 8.27. The summed E-state index contributed by atoms with van der Waals surface area (Å²) in [6.07, 6.45) is -3.44. The average molecular weight is 439 g/mol. The molecule has 0 heterocycles. The maximum atomic E-state index is 13.0. The summed E-state index contributed by atoms with van der Waals surface area (Å²) in [6, 6.07) is 2.91. The number of alkyl halides is 3. The number of nitrogens with one attached hydrogen (secondary N) is 2. The van der Waals surface area contributed by atoms with E-state index in [0.29, 0.717) is 17.9 Å². The van der Waals surface area contributed by atoms with Gasteiger partial charge in [0.25, 0.3) is 5.91 Å². The van der Waals surface area contributed by atoms with Crippen LogP contribution < -0.4 is 10.6 Å². The highest BCUT2D eigenvalue weighted by molar-refractivity contribution is 6.36. The van der Waals surface area contributed by atoms with Gasteiger partial charge in [0.05, 0.1) is 16.5 Å². The molecule has 2 amide bonds. The van der Waals surface area contributed by atoms with Gasteiger partial charge in [-0.15, -0.1) is 0 Å². The van der Waals surface area contributed by atoms with E-state index >= 15 is 0 Å². The van der Waals surface area contributed by atoms with Gasteiger partial charge in [-0.2, -0.15) is 13.2 Å². The zero-order chi connectivity index (χ0) is 21.1. The first kappa shape index (κ1) is 22.8. The number of hydrogen-bond donors (Lipinski definition) is 2. The molecule has 2 N–H and O–H groups in total. The fourth-order valence-corrected chi connectivity index (χ4v) is 3.83. The molecule has 1 fully saturated rings. The molecule has 0 bridgehead atoms. The fourth-order valence-electron chi connectivity index (χ4n) is 3.34. The van der Waals surface area contributed by atoms with Gasteiger partial charge in [-0.05, 0) is 43.4 Å². The van der Waals surface area contributed by atoms with Crippen LogP contribution in [0.4, 0.5) is 13.2 Å². The van der Waals surface area contributed by atoms with Gasteiger partial charge in [-0.3, -0.25) is 9.59 Å². The van der Waals surface area contributed by atoms with Crippen molar-refractivity contribution in [3.63, 3.8) is 0 Å².